The molecule has 0 saturated heterocycles. The van der Waals surface area contributed by atoms with Crippen LogP contribution < -0.4 is 0 Å². The summed E-state index contributed by atoms with van der Waals surface area (Å²) in [6.07, 6.45) is 0.0422. The highest BCUT2D eigenvalue weighted by molar-refractivity contribution is 9.10. The molecule has 1 rings (SSSR count). The zero-order valence-electron chi connectivity index (χ0n) is 8.02. The first-order chi connectivity index (χ1) is 7.04. The van der Waals surface area contributed by atoms with Gasteiger partial charge in [0.15, 0.2) is 0 Å². The van der Waals surface area contributed by atoms with Gasteiger partial charge in [-0.15, -0.1) is 0 Å². The molecule has 1 aromatic rings. The largest absolute Gasteiger partial charge is 0.466 e. The minimum absolute atomic E-state index is 0.0163. The molecule has 0 aliphatic heterocycles. The summed E-state index contributed by atoms with van der Waals surface area (Å²) in [5, 5.41) is 0.0163. The molecule has 0 unspecified atom stereocenters. The minimum Gasteiger partial charge on any atom is -0.466 e. The van der Waals surface area contributed by atoms with E-state index in [2.05, 4.69) is 15.9 Å². The predicted molar refractivity (Wildman–Crippen MR) is 59.4 cm³/mol. The lowest BCUT2D eigenvalue weighted by Gasteiger charge is -2.04. The highest BCUT2D eigenvalue weighted by Gasteiger charge is 2.10. The number of carbonyl (C=O) groups excluding carboxylic acids is 1. The van der Waals surface area contributed by atoms with Crippen molar-refractivity contribution < 1.29 is 13.9 Å². The molecular weight excluding hydrogens is 286 g/mol. The third-order valence-corrected chi connectivity index (χ3v) is 2.94. The lowest BCUT2D eigenvalue weighted by atomic mass is 10.1. The molecule has 82 valence electrons. The third-order valence-electron chi connectivity index (χ3n) is 1.70. The molecule has 0 aliphatic carbocycles. The van der Waals surface area contributed by atoms with Crippen molar-refractivity contribution in [1.82, 2.24) is 0 Å². The average Bonchev–Trinajstić information content (AvgIpc) is 2.14. The Morgan fingerprint density at radius 2 is 2.27 bits per heavy atom. The van der Waals surface area contributed by atoms with E-state index in [1.165, 1.54) is 6.07 Å². The number of esters is 1. The summed E-state index contributed by atoms with van der Waals surface area (Å²) < 4.78 is 18.3. The standard InChI is InChI=1S/C10H9BrClFO2/c1-2-15-9(14)5-6-3-7(11)10(12)8(13)4-6/h3-4H,2,5H2,1H3. The zero-order chi connectivity index (χ0) is 11.4. The quantitative estimate of drug-likeness (QED) is 0.631. The predicted octanol–water partition coefficient (Wildman–Crippen LogP) is 3.35. The van der Waals surface area contributed by atoms with Crippen LogP contribution in [0.25, 0.3) is 0 Å². The summed E-state index contributed by atoms with van der Waals surface area (Å²) in [7, 11) is 0. The van der Waals surface area contributed by atoms with Gasteiger partial charge in [0.05, 0.1) is 18.1 Å². The van der Waals surface area contributed by atoms with Crippen molar-refractivity contribution in [3.8, 4) is 0 Å². The summed E-state index contributed by atoms with van der Waals surface area (Å²) in [6.45, 7) is 2.03. The van der Waals surface area contributed by atoms with Gasteiger partial charge in [0.25, 0.3) is 0 Å². The number of hydrogen-bond acceptors (Lipinski definition) is 2. The third kappa shape index (κ3) is 3.47. The maximum Gasteiger partial charge on any atom is 0.310 e. The van der Waals surface area contributed by atoms with Gasteiger partial charge in [0.1, 0.15) is 5.82 Å². The smallest absolute Gasteiger partial charge is 0.310 e. The van der Waals surface area contributed by atoms with Gasteiger partial charge < -0.3 is 4.74 Å². The minimum atomic E-state index is -0.551. The van der Waals surface area contributed by atoms with E-state index in [0.717, 1.165) is 0 Å². The molecule has 0 N–H and O–H groups in total. The maximum atomic E-state index is 13.2. The van der Waals surface area contributed by atoms with Gasteiger partial charge in [0, 0.05) is 4.47 Å². The summed E-state index contributed by atoms with van der Waals surface area (Å²) in [4.78, 5) is 11.1. The van der Waals surface area contributed by atoms with Crippen molar-refractivity contribution in [2.75, 3.05) is 6.61 Å². The molecule has 0 spiro atoms. The second kappa shape index (κ2) is 5.47. The van der Waals surface area contributed by atoms with E-state index in [1.54, 1.807) is 13.0 Å². The van der Waals surface area contributed by atoms with E-state index < -0.39 is 5.82 Å². The molecular formula is C10H9BrClFO2. The highest BCUT2D eigenvalue weighted by atomic mass is 79.9. The average molecular weight is 296 g/mol. The molecule has 0 atom stereocenters. The first-order valence-electron chi connectivity index (χ1n) is 4.33. The molecule has 1 aromatic carbocycles. The normalized spacial score (nSPS) is 10.1. The molecule has 0 aliphatic rings. The van der Waals surface area contributed by atoms with Crippen molar-refractivity contribution in [1.29, 1.82) is 0 Å². The van der Waals surface area contributed by atoms with Crippen LogP contribution in [0.15, 0.2) is 16.6 Å². The summed E-state index contributed by atoms with van der Waals surface area (Å²) in [5.41, 5.74) is 0.530. The van der Waals surface area contributed by atoms with Crippen LogP contribution >= 0.6 is 27.5 Å². The van der Waals surface area contributed by atoms with E-state index in [9.17, 15) is 9.18 Å². The fraction of sp³-hybridized carbons (Fsp3) is 0.300. The Bertz CT molecular complexity index is 359. The zero-order valence-corrected chi connectivity index (χ0v) is 10.4. The number of benzene rings is 1. The molecule has 0 radical (unpaired) electrons. The van der Waals surface area contributed by atoms with Gasteiger partial charge >= 0.3 is 5.97 Å². The maximum absolute atomic E-state index is 13.2. The molecule has 0 saturated carbocycles. The van der Waals surface area contributed by atoms with E-state index in [4.69, 9.17) is 16.3 Å². The van der Waals surface area contributed by atoms with Crippen molar-refractivity contribution >= 4 is 33.5 Å². The molecule has 0 bridgehead atoms. The topological polar surface area (TPSA) is 26.3 Å². The molecule has 0 aromatic heterocycles. The van der Waals surface area contributed by atoms with Crippen LogP contribution in [0.5, 0.6) is 0 Å². The summed E-state index contributed by atoms with van der Waals surface area (Å²) in [5.74, 6) is -0.934. The Kier molecular flexibility index (Phi) is 4.54. The van der Waals surface area contributed by atoms with Crippen LogP contribution in [-0.2, 0) is 16.0 Å². The van der Waals surface area contributed by atoms with Crippen LogP contribution in [0, 0.1) is 5.82 Å². The first kappa shape index (κ1) is 12.5. The van der Waals surface area contributed by atoms with E-state index in [-0.39, 0.29) is 17.4 Å². The number of halogens is 3. The van der Waals surface area contributed by atoms with Gasteiger partial charge in [-0.25, -0.2) is 4.39 Å². The SMILES string of the molecule is CCOC(=O)Cc1cc(F)c(Cl)c(Br)c1. The van der Waals surface area contributed by atoms with Crippen molar-refractivity contribution in [2.24, 2.45) is 0 Å². The Hall–Kier alpha value is -0.610. The van der Waals surface area contributed by atoms with Crippen LogP contribution in [0.2, 0.25) is 5.02 Å². The Morgan fingerprint density at radius 3 is 2.80 bits per heavy atom. The molecule has 0 fully saturated rings. The van der Waals surface area contributed by atoms with Crippen molar-refractivity contribution in [3.05, 3.63) is 33.0 Å². The van der Waals surface area contributed by atoms with E-state index in [0.29, 0.717) is 16.6 Å². The molecule has 0 amide bonds. The lowest BCUT2D eigenvalue weighted by molar-refractivity contribution is -0.142. The van der Waals surface area contributed by atoms with Crippen molar-refractivity contribution in [2.45, 2.75) is 13.3 Å². The number of ether oxygens (including phenoxy) is 1. The van der Waals surface area contributed by atoms with E-state index >= 15 is 0 Å². The van der Waals surface area contributed by atoms with Crippen LogP contribution in [0.3, 0.4) is 0 Å². The molecule has 2 nitrogen and oxygen atoms in total. The fourth-order valence-electron chi connectivity index (χ4n) is 1.09. The summed E-state index contributed by atoms with van der Waals surface area (Å²) >= 11 is 8.71. The second-order valence-corrected chi connectivity index (χ2v) is 4.09. The molecule has 5 heteroatoms. The fourth-order valence-corrected chi connectivity index (χ4v) is 1.68. The lowest BCUT2D eigenvalue weighted by Crippen LogP contribution is -2.07. The number of carbonyl (C=O) groups is 1. The first-order valence-corrected chi connectivity index (χ1v) is 5.50. The summed E-state index contributed by atoms with van der Waals surface area (Å²) in [6, 6.07) is 2.83. The van der Waals surface area contributed by atoms with Crippen LogP contribution in [-0.4, -0.2) is 12.6 Å². The van der Waals surface area contributed by atoms with Gasteiger partial charge in [0.2, 0.25) is 0 Å². The van der Waals surface area contributed by atoms with Gasteiger partial charge in [-0.05, 0) is 40.5 Å². The second-order valence-electron chi connectivity index (χ2n) is 2.86. The van der Waals surface area contributed by atoms with Gasteiger partial charge in [-0.3, -0.25) is 4.79 Å². The van der Waals surface area contributed by atoms with E-state index in [1.807, 2.05) is 0 Å². The molecule has 15 heavy (non-hydrogen) atoms. The van der Waals surface area contributed by atoms with Crippen LogP contribution in [0.4, 0.5) is 4.39 Å². The monoisotopic (exact) mass is 294 g/mol. The van der Waals surface area contributed by atoms with Gasteiger partial charge in [-0.2, -0.15) is 0 Å². The Labute approximate surface area is 101 Å². The van der Waals surface area contributed by atoms with Crippen LogP contribution in [0.1, 0.15) is 12.5 Å². The molecule has 0 heterocycles. The van der Waals surface area contributed by atoms with Crippen molar-refractivity contribution in [3.63, 3.8) is 0 Å². The number of rotatable bonds is 3. The Balaban J connectivity index is 2.83. The number of hydrogen-bond donors (Lipinski definition) is 0. The highest BCUT2D eigenvalue weighted by Crippen LogP contribution is 2.27. The Morgan fingerprint density at radius 1 is 1.60 bits per heavy atom. The van der Waals surface area contributed by atoms with Gasteiger partial charge in [-0.1, -0.05) is 11.6 Å².